The van der Waals surface area contributed by atoms with Gasteiger partial charge in [0.05, 0.1) is 54.5 Å². The number of methoxy groups -OCH3 is 2. The molecule has 0 saturated carbocycles. The molecule has 37 heavy (non-hydrogen) atoms. The van der Waals surface area contributed by atoms with Gasteiger partial charge in [0, 0.05) is 11.4 Å². The molecule has 1 N–H and O–H groups in total. The van der Waals surface area contributed by atoms with E-state index in [2.05, 4.69) is 5.32 Å². The third kappa shape index (κ3) is 4.37. The molecule has 4 rings (SSSR count). The molecule has 2 aliphatic heterocycles. The van der Waals surface area contributed by atoms with E-state index < -0.39 is 53.5 Å². The van der Waals surface area contributed by atoms with Crippen LogP contribution < -0.4 is 5.32 Å². The number of dihydropyridines is 1. The van der Waals surface area contributed by atoms with Crippen LogP contribution in [0.4, 0.5) is 13.2 Å². The number of halogens is 3. The number of allylic oxidation sites excluding steroid dienone is 1. The number of nitrogens with one attached hydrogen (secondary N) is 1. The third-order valence-corrected chi connectivity index (χ3v) is 6.23. The average molecular weight is 514 g/mol. The number of hydrogen-bond donors (Lipinski definition) is 1. The van der Waals surface area contributed by atoms with Gasteiger partial charge in [0.1, 0.15) is 0 Å². The lowest BCUT2D eigenvalue weighted by Crippen LogP contribution is -2.40. The Morgan fingerprint density at radius 2 is 1.41 bits per heavy atom. The van der Waals surface area contributed by atoms with Crippen molar-refractivity contribution in [2.24, 2.45) is 0 Å². The average Bonchev–Trinajstić information content (AvgIpc) is 3.12. The molecule has 0 aliphatic carbocycles. The maximum absolute atomic E-state index is 14.0. The maximum Gasteiger partial charge on any atom is 0.416 e. The molecule has 0 spiro atoms. The molecule has 0 fully saturated rings. The number of carbonyl (C=O) groups is 4. The maximum atomic E-state index is 14.0. The molecule has 0 bridgehead atoms. The molecule has 11 heteroatoms. The molecule has 8 nitrogen and oxygen atoms in total. The number of carbonyl (C=O) groups excluding carboxylic acids is 4. The van der Waals surface area contributed by atoms with Crippen molar-refractivity contribution in [2.45, 2.75) is 19.0 Å². The summed E-state index contributed by atoms with van der Waals surface area (Å²) in [6.07, 6.45) is -4.82. The Morgan fingerprint density at radius 1 is 0.892 bits per heavy atom. The predicted octanol–water partition coefficient (Wildman–Crippen LogP) is 3.56. The van der Waals surface area contributed by atoms with Crippen LogP contribution in [0.1, 0.15) is 44.7 Å². The van der Waals surface area contributed by atoms with E-state index in [9.17, 15) is 32.3 Å². The van der Waals surface area contributed by atoms with Crippen LogP contribution in [0.15, 0.2) is 71.1 Å². The Morgan fingerprint density at radius 3 is 1.95 bits per heavy atom. The summed E-state index contributed by atoms with van der Waals surface area (Å²) >= 11 is 0. The van der Waals surface area contributed by atoms with E-state index in [1.54, 1.807) is 12.1 Å². The minimum absolute atomic E-state index is 0.0616. The summed E-state index contributed by atoms with van der Waals surface area (Å²) < 4.78 is 51.8. The van der Waals surface area contributed by atoms with Gasteiger partial charge in [0.15, 0.2) is 0 Å². The standard InChI is InChI=1S/C26H21F3N2O6/c1-13-19(24(34)36-2)20(16-10-6-7-11-17(16)26(27,28)29)21(25(35)37-3)18(30-13)12-31-22(32)14-8-4-5-9-15(14)23(31)33/h4-11,20,30H,12H2,1-3H3. The minimum atomic E-state index is -4.82. The molecule has 2 aromatic rings. The molecule has 2 amide bonds. The van der Waals surface area contributed by atoms with Crippen molar-refractivity contribution in [1.29, 1.82) is 0 Å². The Hall–Kier alpha value is -4.41. The highest BCUT2D eigenvalue weighted by molar-refractivity contribution is 6.21. The van der Waals surface area contributed by atoms with E-state index in [4.69, 9.17) is 9.47 Å². The zero-order chi connectivity index (χ0) is 27.1. The van der Waals surface area contributed by atoms with Crippen LogP contribution in [-0.4, -0.2) is 49.4 Å². The first-order chi connectivity index (χ1) is 17.5. The van der Waals surface area contributed by atoms with Crippen LogP contribution in [0.25, 0.3) is 0 Å². The number of nitrogens with zero attached hydrogens (tertiary/aromatic N) is 1. The number of benzene rings is 2. The molecule has 1 atom stereocenters. The molecule has 192 valence electrons. The van der Waals surface area contributed by atoms with Gasteiger partial charge in [-0.05, 0) is 30.7 Å². The highest BCUT2D eigenvalue weighted by Crippen LogP contribution is 2.44. The molecular weight excluding hydrogens is 493 g/mol. The molecule has 2 aromatic carbocycles. The van der Waals surface area contributed by atoms with Crippen molar-refractivity contribution < 1.29 is 41.8 Å². The summed E-state index contributed by atoms with van der Waals surface area (Å²) in [5, 5.41) is 2.83. The molecule has 2 aliphatic rings. The van der Waals surface area contributed by atoms with Crippen LogP contribution in [0.5, 0.6) is 0 Å². The normalized spacial score (nSPS) is 17.6. The fourth-order valence-corrected chi connectivity index (χ4v) is 4.61. The molecule has 1 unspecified atom stereocenters. The lowest BCUT2D eigenvalue weighted by molar-refractivity contribution is -0.140. The second-order valence-electron chi connectivity index (χ2n) is 8.30. The number of alkyl halides is 3. The number of fused-ring (bicyclic) bond motifs is 1. The van der Waals surface area contributed by atoms with Gasteiger partial charge >= 0.3 is 18.1 Å². The number of hydrogen-bond acceptors (Lipinski definition) is 7. The summed E-state index contributed by atoms with van der Waals surface area (Å²) in [6, 6.07) is 10.6. The zero-order valence-electron chi connectivity index (χ0n) is 19.9. The Labute approximate surface area is 209 Å². The van der Waals surface area contributed by atoms with Gasteiger partial charge in [-0.15, -0.1) is 0 Å². The summed E-state index contributed by atoms with van der Waals surface area (Å²) in [5.41, 5.74) is -1.72. The van der Waals surface area contributed by atoms with E-state index in [-0.39, 0.29) is 33.7 Å². The monoisotopic (exact) mass is 514 g/mol. The number of amides is 2. The topological polar surface area (TPSA) is 102 Å². The van der Waals surface area contributed by atoms with Crippen LogP contribution >= 0.6 is 0 Å². The second kappa shape index (κ2) is 9.57. The molecular formula is C26H21F3N2O6. The van der Waals surface area contributed by atoms with Crippen molar-refractivity contribution in [3.05, 3.63) is 93.3 Å². The molecule has 0 aromatic heterocycles. The largest absolute Gasteiger partial charge is 0.466 e. The smallest absolute Gasteiger partial charge is 0.416 e. The summed E-state index contributed by atoms with van der Waals surface area (Å²) in [4.78, 5) is 52.7. The highest BCUT2D eigenvalue weighted by atomic mass is 19.4. The van der Waals surface area contributed by atoms with E-state index in [0.717, 1.165) is 31.3 Å². The summed E-state index contributed by atoms with van der Waals surface area (Å²) in [5.74, 6) is -4.84. The first-order valence-corrected chi connectivity index (χ1v) is 11.0. The molecule has 2 heterocycles. The SMILES string of the molecule is COC(=O)C1=C(C)NC(CN2C(=O)c3ccccc3C2=O)=C(C(=O)OC)C1c1ccccc1C(F)(F)F. The van der Waals surface area contributed by atoms with Gasteiger partial charge in [0.2, 0.25) is 0 Å². The van der Waals surface area contributed by atoms with Crippen molar-refractivity contribution in [3.8, 4) is 0 Å². The highest BCUT2D eigenvalue weighted by Gasteiger charge is 2.45. The van der Waals surface area contributed by atoms with Crippen molar-refractivity contribution >= 4 is 23.8 Å². The van der Waals surface area contributed by atoms with Gasteiger partial charge in [-0.1, -0.05) is 30.3 Å². The van der Waals surface area contributed by atoms with Gasteiger partial charge in [-0.2, -0.15) is 13.2 Å². The molecule has 0 saturated heterocycles. The van der Waals surface area contributed by atoms with Crippen LogP contribution in [0.2, 0.25) is 0 Å². The molecule has 0 radical (unpaired) electrons. The van der Waals surface area contributed by atoms with Gasteiger partial charge in [-0.25, -0.2) is 9.59 Å². The van der Waals surface area contributed by atoms with Crippen LogP contribution in [0, 0.1) is 0 Å². The van der Waals surface area contributed by atoms with Gasteiger partial charge < -0.3 is 14.8 Å². The van der Waals surface area contributed by atoms with E-state index in [1.165, 1.54) is 31.2 Å². The lowest BCUT2D eigenvalue weighted by atomic mass is 9.78. The minimum Gasteiger partial charge on any atom is -0.466 e. The number of rotatable bonds is 5. The Balaban J connectivity index is 1.93. The number of esters is 2. The number of ether oxygens (including phenoxy) is 2. The quantitative estimate of drug-likeness (QED) is 0.481. The fourth-order valence-electron chi connectivity index (χ4n) is 4.61. The fraction of sp³-hybridized carbons (Fsp3) is 0.231. The second-order valence-corrected chi connectivity index (χ2v) is 8.30. The first-order valence-electron chi connectivity index (χ1n) is 11.0. The van der Waals surface area contributed by atoms with Crippen molar-refractivity contribution in [3.63, 3.8) is 0 Å². The third-order valence-electron chi connectivity index (χ3n) is 6.23. The van der Waals surface area contributed by atoms with Crippen LogP contribution in [-0.2, 0) is 25.2 Å². The van der Waals surface area contributed by atoms with Gasteiger partial charge in [0.25, 0.3) is 11.8 Å². The summed E-state index contributed by atoms with van der Waals surface area (Å²) in [6.45, 7) is 0.944. The Kier molecular flexibility index (Phi) is 6.64. The lowest BCUT2D eigenvalue weighted by Gasteiger charge is -2.33. The Bertz CT molecular complexity index is 1360. The first kappa shape index (κ1) is 25.7. The zero-order valence-corrected chi connectivity index (χ0v) is 19.9. The van der Waals surface area contributed by atoms with E-state index in [1.807, 2.05) is 0 Å². The van der Waals surface area contributed by atoms with E-state index in [0.29, 0.717) is 0 Å². The summed E-state index contributed by atoms with van der Waals surface area (Å²) in [7, 11) is 2.09. The number of imide groups is 1. The van der Waals surface area contributed by atoms with Crippen molar-refractivity contribution in [2.75, 3.05) is 20.8 Å². The van der Waals surface area contributed by atoms with Crippen molar-refractivity contribution in [1.82, 2.24) is 10.2 Å². The van der Waals surface area contributed by atoms with E-state index >= 15 is 0 Å². The van der Waals surface area contributed by atoms with Crippen LogP contribution in [0.3, 0.4) is 0 Å². The van der Waals surface area contributed by atoms with Gasteiger partial charge in [-0.3, -0.25) is 14.5 Å². The predicted molar refractivity (Wildman–Crippen MR) is 123 cm³/mol.